The molecule has 1 fully saturated rings. The van der Waals surface area contributed by atoms with Crippen LogP contribution in [0.5, 0.6) is 0 Å². The lowest BCUT2D eigenvalue weighted by molar-refractivity contribution is -0.189. The molecule has 1 saturated heterocycles. The number of nitrogens with zero attached hydrogens (tertiary/aromatic N) is 2. The molecular weight excluding hydrogens is 316 g/mol. The largest absolute Gasteiger partial charge is 0.471 e. The summed E-state index contributed by atoms with van der Waals surface area (Å²) in [5, 5.41) is 0. The minimum atomic E-state index is -5.07. The van der Waals surface area contributed by atoms with Crippen molar-refractivity contribution in [3.8, 4) is 0 Å². The van der Waals surface area contributed by atoms with E-state index >= 15 is 0 Å². The lowest BCUT2D eigenvalue weighted by atomic mass is 10.1. The third-order valence-corrected chi connectivity index (χ3v) is 3.74. The van der Waals surface area contributed by atoms with E-state index in [0.717, 1.165) is 17.0 Å². The summed E-state index contributed by atoms with van der Waals surface area (Å²) in [6, 6.07) is 3.58. The van der Waals surface area contributed by atoms with Gasteiger partial charge in [0.2, 0.25) is 0 Å². The fourth-order valence-corrected chi connectivity index (χ4v) is 2.75. The molecule has 1 aromatic carbocycles. The first-order chi connectivity index (χ1) is 10.6. The fraction of sp³-hybridized carbons (Fsp3) is 0.467. The molecular formula is C15H16F4N2O2. The van der Waals surface area contributed by atoms with Crippen LogP contribution in [-0.4, -0.2) is 35.1 Å². The molecule has 1 aliphatic rings. The van der Waals surface area contributed by atoms with Gasteiger partial charge >= 0.3 is 12.1 Å². The van der Waals surface area contributed by atoms with E-state index < -0.39 is 41.9 Å². The van der Waals surface area contributed by atoms with E-state index in [-0.39, 0.29) is 5.69 Å². The lowest BCUT2D eigenvalue weighted by Crippen LogP contribution is -2.51. The van der Waals surface area contributed by atoms with Gasteiger partial charge < -0.3 is 4.90 Å². The van der Waals surface area contributed by atoms with Gasteiger partial charge in [-0.15, -0.1) is 0 Å². The third kappa shape index (κ3) is 3.02. The van der Waals surface area contributed by atoms with Crippen LogP contribution in [-0.2, 0) is 9.59 Å². The monoisotopic (exact) mass is 332 g/mol. The van der Waals surface area contributed by atoms with Gasteiger partial charge in [0.05, 0.1) is 0 Å². The summed E-state index contributed by atoms with van der Waals surface area (Å²) in [4.78, 5) is 25.8. The molecule has 4 nitrogen and oxygen atoms in total. The molecule has 0 N–H and O–H groups in total. The quantitative estimate of drug-likeness (QED) is 0.782. The molecule has 1 aliphatic heterocycles. The second-order valence-corrected chi connectivity index (χ2v) is 5.73. The smallest absolute Gasteiger partial charge is 0.302 e. The van der Waals surface area contributed by atoms with Crippen molar-refractivity contribution < 1.29 is 27.2 Å². The Morgan fingerprint density at radius 3 is 2.13 bits per heavy atom. The average Bonchev–Trinajstić information content (AvgIpc) is 2.71. The maximum absolute atomic E-state index is 13.0. The van der Waals surface area contributed by atoms with Crippen LogP contribution in [0.15, 0.2) is 24.3 Å². The zero-order valence-corrected chi connectivity index (χ0v) is 12.8. The maximum Gasteiger partial charge on any atom is 0.471 e. The van der Waals surface area contributed by atoms with Gasteiger partial charge in [-0.2, -0.15) is 13.2 Å². The number of rotatable bonds is 2. The number of halogens is 4. The Bertz CT molecular complexity index is 613. The van der Waals surface area contributed by atoms with Crippen LogP contribution in [0.2, 0.25) is 0 Å². The molecule has 0 spiro atoms. The molecule has 0 aromatic heterocycles. The van der Waals surface area contributed by atoms with Crippen molar-refractivity contribution in [1.29, 1.82) is 0 Å². The predicted molar refractivity (Wildman–Crippen MR) is 74.9 cm³/mol. The molecule has 2 amide bonds. The number of alkyl halides is 3. The molecule has 23 heavy (non-hydrogen) atoms. The summed E-state index contributed by atoms with van der Waals surface area (Å²) < 4.78 is 51.6. The Morgan fingerprint density at radius 2 is 1.70 bits per heavy atom. The van der Waals surface area contributed by atoms with E-state index in [4.69, 9.17) is 0 Å². The molecule has 0 bridgehead atoms. The van der Waals surface area contributed by atoms with Crippen LogP contribution in [0.25, 0.3) is 0 Å². The van der Waals surface area contributed by atoms with Crippen molar-refractivity contribution in [2.24, 2.45) is 5.92 Å². The van der Waals surface area contributed by atoms with Crippen molar-refractivity contribution in [1.82, 2.24) is 4.90 Å². The Labute approximate surface area is 130 Å². The Balaban J connectivity index is 2.49. The van der Waals surface area contributed by atoms with Gasteiger partial charge in [0.25, 0.3) is 5.91 Å². The minimum Gasteiger partial charge on any atom is -0.302 e. The van der Waals surface area contributed by atoms with Crippen LogP contribution in [0.1, 0.15) is 20.8 Å². The van der Waals surface area contributed by atoms with E-state index in [1.807, 2.05) is 0 Å². The highest BCUT2D eigenvalue weighted by atomic mass is 19.4. The second kappa shape index (κ2) is 5.82. The van der Waals surface area contributed by atoms with Crippen molar-refractivity contribution in [3.63, 3.8) is 0 Å². The van der Waals surface area contributed by atoms with E-state index in [9.17, 15) is 27.2 Å². The SMILES string of the molecule is CC(C)[C@H]1N(c2ccc(F)cc2)C(=O)[C@H](C)N1C(=O)C(F)(F)F. The Morgan fingerprint density at radius 1 is 1.17 bits per heavy atom. The number of hydrogen-bond donors (Lipinski definition) is 0. The molecule has 1 aromatic rings. The maximum atomic E-state index is 13.0. The van der Waals surface area contributed by atoms with Gasteiger partial charge in [0.1, 0.15) is 18.0 Å². The molecule has 2 rings (SSSR count). The van der Waals surface area contributed by atoms with Gasteiger partial charge in [0, 0.05) is 5.69 Å². The molecule has 0 radical (unpaired) electrons. The molecule has 0 unspecified atom stereocenters. The normalized spacial score (nSPS) is 22.2. The molecule has 0 saturated carbocycles. The van der Waals surface area contributed by atoms with Gasteiger partial charge in [0.15, 0.2) is 0 Å². The number of carbonyl (C=O) groups excluding carboxylic acids is 2. The third-order valence-electron chi connectivity index (χ3n) is 3.74. The second-order valence-electron chi connectivity index (χ2n) is 5.73. The molecule has 1 heterocycles. The summed E-state index contributed by atoms with van der Waals surface area (Å²) in [6.07, 6.45) is -6.15. The van der Waals surface area contributed by atoms with Crippen LogP contribution in [0, 0.1) is 11.7 Å². The zero-order chi connectivity index (χ0) is 17.5. The van der Waals surface area contributed by atoms with Crippen LogP contribution in [0.4, 0.5) is 23.2 Å². The number of hydrogen-bond acceptors (Lipinski definition) is 2. The van der Waals surface area contributed by atoms with Gasteiger partial charge in [-0.3, -0.25) is 14.5 Å². The number of amides is 2. The van der Waals surface area contributed by atoms with E-state index in [0.29, 0.717) is 4.90 Å². The summed E-state index contributed by atoms with van der Waals surface area (Å²) >= 11 is 0. The summed E-state index contributed by atoms with van der Waals surface area (Å²) in [7, 11) is 0. The topological polar surface area (TPSA) is 40.6 Å². The fourth-order valence-electron chi connectivity index (χ4n) is 2.75. The molecule has 2 atom stereocenters. The highest BCUT2D eigenvalue weighted by Crippen LogP contribution is 2.35. The average molecular weight is 332 g/mol. The first-order valence-electron chi connectivity index (χ1n) is 7.04. The minimum absolute atomic E-state index is 0.249. The number of anilines is 1. The number of carbonyl (C=O) groups is 2. The van der Waals surface area contributed by atoms with Crippen molar-refractivity contribution in [2.75, 3.05) is 4.90 Å². The Kier molecular flexibility index (Phi) is 4.37. The van der Waals surface area contributed by atoms with Crippen molar-refractivity contribution in [2.45, 2.75) is 39.2 Å². The first kappa shape index (κ1) is 17.2. The highest BCUT2D eigenvalue weighted by Gasteiger charge is 2.55. The van der Waals surface area contributed by atoms with Gasteiger partial charge in [-0.25, -0.2) is 4.39 Å². The van der Waals surface area contributed by atoms with Crippen LogP contribution >= 0.6 is 0 Å². The van der Waals surface area contributed by atoms with Gasteiger partial charge in [-0.1, -0.05) is 13.8 Å². The summed E-state index contributed by atoms with van der Waals surface area (Å²) in [5.41, 5.74) is 0.249. The van der Waals surface area contributed by atoms with Crippen LogP contribution < -0.4 is 4.90 Å². The predicted octanol–water partition coefficient (Wildman–Crippen LogP) is 2.93. The van der Waals surface area contributed by atoms with E-state index in [2.05, 4.69) is 0 Å². The van der Waals surface area contributed by atoms with Crippen molar-refractivity contribution >= 4 is 17.5 Å². The first-order valence-corrected chi connectivity index (χ1v) is 7.04. The van der Waals surface area contributed by atoms with Crippen molar-refractivity contribution in [3.05, 3.63) is 30.1 Å². The lowest BCUT2D eigenvalue weighted by Gasteiger charge is -2.34. The van der Waals surface area contributed by atoms with E-state index in [1.165, 1.54) is 19.1 Å². The highest BCUT2D eigenvalue weighted by molar-refractivity contribution is 6.03. The number of benzene rings is 1. The molecule has 0 aliphatic carbocycles. The van der Waals surface area contributed by atoms with Crippen LogP contribution in [0.3, 0.4) is 0 Å². The van der Waals surface area contributed by atoms with Gasteiger partial charge in [-0.05, 0) is 37.1 Å². The zero-order valence-electron chi connectivity index (χ0n) is 12.8. The summed E-state index contributed by atoms with van der Waals surface area (Å²) in [5.74, 6) is -3.66. The molecule has 126 valence electrons. The Hall–Kier alpha value is -2.12. The molecule has 8 heteroatoms. The van der Waals surface area contributed by atoms with E-state index in [1.54, 1.807) is 13.8 Å². The summed E-state index contributed by atoms with van der Waals surface area (Å²) in [6.45, 7) is 4.48. The standard InChI is InChI=1S/C15H16F4N2O2/c1-8(2)12-20(14(23)15(17,18)19)9(3)13(22)21(12)11-6-4-10(16)5-7-11/h4-9,12H,1-3H3/t9-,12+/m0/s1.